The van der Waals surface area contributed by atoms with Gasteiger partial charge >= 0.3 is 0 Å². The summed E-state index contributed by atoms with van der Waals surface area (Å²) in [6, 6.07) is 14.2. The number of aromatic hydroxyl groups is 1. The third-order valence-electron chi connectivity index (χ3n) is 5.47. The number of aliphatic hydroxyl groups is 1. The highest BCUT2D eigenvalue weighted by Gasteiger charge is 2.47. The van der Waals surface area contributed by atoms with E-state index in [2.05, 4.69) is 0 Å². The van der Waals surface area contributed by atoms with Gasteiger partial charge in [0.25, 0.3) is 11.7 Å². The lowest BCUT2D eigenvalue weighted by Crippen LogP contribution is -2.29. The van der Waals surface area contributed by atoms with Gasteiger partial charge in [-0.25, -0.2) is 0 Å². The van der Waals surface area contributed by atoms with Crippen LogP contribution in [0.25, 0.3) is 5.76 Å². The van der Waals surface area contributed by atoms with Crippen molar-refractivity contribution < 1.29 is 29.3 Å². The molecule has 34 heavy (non-hydrogen) atoms. The molecule has 1 aliphatic rings. The van der Waals surface area contributed by atoms with Crippen molar-refractivity contribution in [2.24, 2.45) is 0 Å². The van der Waals surface area contributed by atoms with Gasteiger partial charge in [-0.2, -0.15) is 0 Å². The molecular formula is C25H19Cl2NO6. The fraction of sp³-hybridized carbons (Fsp3) is 0.120. The summed E-state index contributed by atoms with van der Waals surface area (Å²) in [5.41, 5.74) is 0.798. The lowest BCUT2D eigenvalue weighted by molar-refractivity contribution is -0.132. The van der Waals surface area contributed by atoms with Gasteiger partial charge in [-0.1, -0.05) is 35.3 Å². The number of methoxy groups -OCH3 is 2. The average molecular weight is 500 g/mol. The number of hydrogen-bond donors (Lipinski definition) is 2. The number of phenolic OH excluding ortho intramolecular Hbond substituents is 1. The Morgan fingerprint density at radius 3 is 2.29 bits per heavy atom. The van der Waals surface area contributed by atoms with Gasteiger partial charge in [0.1, 0.15) is 11.5 Å². The minimum absolute atomic E-state index is 0.0663. The van der Waals surface area contributed by atoms with Crippen molar-refractivity contribution in [1.29, 1.82) is 0 Å². The van der Waals surface area contributed by atoms with Crippen LogP contribution >= 0.6 is 23.2 Å². The first-order valence-electron chi connectivity index (χ1n) is 10.0. The number of anilines is 1. The summed E-state index contributed by atoms with van der Waals surface area (Å²) in [5.74, 6) is -1.47. The summed E-state index contributed by atoms with van der Waals surface area (Å²) in [6.45, 7) is 0. The molecule has 1 heterocycles. The van der Waals surface area contributed by atoms with Crippen molar-refractivity contribution in [3.8, 4) is 17.2 Å². The first-order valence-corrected chi connectivity index (χ1v) is 10.8. The van der Waals surface area contributed by atoms with E-state index in [-0.39, 0.29) is 26.9 Å². The van der Waals surface area contributed by atoms with Gasteiger partial charge in [-0.05, 0) is 54.1 Å². The van der Waals surface area contributed by atoms with Crippen LogP contribution < -0.4 is 14.4 Å². The van der Waals surface area contributed by atoms with E-state index < -0.39 is 23.5 Å². The number of benzene rings is 3. The highest BCUT2D eigenvalue weighted by Crippen LogP contribution is 2.44. The first kappa shape index (κ1) is 23.5. The Balaban J connectivity index is 1.96. The predicted octanol–water partition coefficient (Wildman–Crippen LogP) is 5.34. The molecule has 0 spiro atoms. The predicted molar refractivity (Wildman–Crippen MR) is 129 cm³/mol. The molecule has 0 radical (unpaired) electrons. The van der Waals surface area contributed by atoms with Gasteiger partial charge in [0.15, 0.2) is 11.5 Å². The molecule has 2 N–H and O–H groups in total. The number of phenols is 1. The molecule has 1 fully saturated rings. The average Bonchev–Trinajstić information content (AvgIpc) is 3.10. The van der Waals surface area contributed by atoms with E-state index in [9.17, 15) is 19.8 Å². The number of ether oxygens (including phenoxy) is 2. The smallest absolute Gasteiger partial charge is 0.300 e. The molecular weight excluding hydrogens is 481 g/mol. The molecule has 174 valence electrons. The molecule has 3 aromatic carbocycles. The molecule has 7 nitrogen and oxygen atoms in total. The number of Topliss-reactive ketones (excluding diaryl/α,β-unsaturated/α-hetero) is 1. The minimum Gasteiger partial charge on any atom is -0.508 e. The summed E-state index contributed by atoms with van der Waals surface area (Å²) >= 11 is 12.2. The quantitative estimate of drug-likeness (QED) is 0.279. The number of aliphatic hydroxyl groups excluding tert-OH is 1. The Kier molecular flexibility index (Phi) is 6.41. The van der Waals surface area contributed by atoms with Crippen LogP contribution in [0.3, 0.4) is 0 Å². The van der Waals surface area contributed by atoms with Crippen molar-refractivity contribution >= 4 is 46.3 Å². The number of hydrogen-bond acceptors (Lipinski definition) is 6. The van der Waals surface area contributed by atoms with E-state index in [4.69, 9.17) is 32.7 Å². The van der Waals surface area contributed by atoms with Gasteiger partial charge in [0.2, 0.25) is 0 Å². The van der Waals surface area contributed by atoms with Crippen LogP contribution in [0, 0.1) is 0 Å². The SMILES string of the molecule is COc1ccc(/C(O)=C2\C(=O)C(=O)N(c3ccc(Cl)c(Cl)c3)C2c2cccc(O)c2)cc1OC. The van der Waals surface area contributed by atoms with Crippen LogP contribution in [-0.4, -0.2) is 36.1 Å². The molecule has 0 aromatic heterocycles. The molecule has 1 unspecified atom stereocenters. The van der Waals surface area contributed by atoms with Gasteiger partial charge in [-0.3, -0.25) is 14.5 Å². The monoisotopic (exact) mass is 499 g/mol. The maximum Gasteiger partial charge on any atom is 0.300 e. The second-order valence-electron chi connectivity index (χ2n) is 7.43. The molecule has 1 aliphatic heterocycles. The van der Waals surface area contributed by atoms with E-state index >= 15 is 0 Å². The van der Waals surface area contributed by atoms with E-state index in [0.717, 1.165) is 0 Å². The normalized spacial score (nSPS) is 17.2. The Labute approximate surface area is 205 Å². The largest absolute Gasteiger partial charge is 0.508 e. The van der Waals surface area contributed by atoms with Gasteiger partial charge < -0.3 is 19.7 Å². The molecule has 4 rings (SSSR count). The van der Waals surface area contributed by atoms with Crippen LogP contribution in [0.2, 0.25) is 10.0 Å². The summed E-state index contributed by atoms with van der Waals surface area (Å²) in [5, 5.41) is 21.8. The van der Waals surface area contributed by atoms with Crippen molar-refractivity contribution in [3.05, 3.63) is 87.4 Å². The van der Waals surface area contributed by atoms with Gasteiger partial charge in [0.05, 0.1) is 35.9 Å². The molecule has 3 aromatic rings. The number of amides is 1. The topological polar surface area (TPSA) is 96.3 Å². The minimum atomic E-state index is -1.04. The number of halogens is 2. The molecule has 1 saturated heterocycles. The Hall–Kier alpha value is -3.68. The standard InChI is InChI=1S/C25H19Cl2NO6/c1-33-19-9-6-14(11-20(19)34-2)23(30)21-22(13-4-3-5-16(29)10-13)28(25(32)24(21)31)15-7-8-17(26)18(27)12-15/h3-12,22,29-30H,1-2H3/b23-21+. The number of rotatable bonds is 5. The summed E-state index contributed by atoms with van der Waals surface area (Å²) in [7, 11) is 2.92. The molecule has 1 atom stereocenters. The van der Waals surface area contributed by atoms with Crippen LogP contribution in [-0.2, 0) is 9.59 Å². The zero-order valence-electron chi connectivity index (χ0n) is 18.1. The second kappa shape index (κ2) is 9.29. The summed E-state index contributed by atoms with van der Waals surface area (Å²) in [6.07, 6.45) is 0. The zero-order valence-corrected chi connectivity index (χ0v) is 19.6. The zero-order chi connectivity index (χ0) is 24.6. The van der Waals surface area contributed by atoms with Crippen LogP contribution in [0.1, 0.15) is 17.2 Å². The maximum absolute atomic E-state index is 13.2. The highest BCUT2D eigenvalue weighted by atomic mass is 35.5. The van der Waals surface area contributed by atoms with Gasteiger partial charge in [-0.15, -0.1) is 0 Å². The highest BCUT2D eigenvalue weighted by molar-refractivity contribution is 6.52. The van der Waals surface area contributed by atoms with Crippen molar-refractivity contribution in [2.75, 3.05) is 19.1 Å². The van der Waals surface area contributed by atoms with E-state index in [0.29, 0.717) is 22.7 Å². The Morgan fingerprint density at radius 1 is 0.912 bits per heavy atom. The van der Waals surface area contributed by atoms with Crippen LogP contribution in [0.15, 0.2) is 66.2 Å². The number of carbonyl (C=O) groups excluding carboxylic acids is 2. The third kappa shape index (κ3) is 4.04. The second-order valence-corrected chi connectivity index (χ2v) is 8.25. The third-order valence-corrected chi connectivity index (χ3v) is 6.21. The lowest BCUT2D eigenvalue weighted by Gasteiger charge is -2.26. The van der Waals surface area contributed by atoms with Gasteiger partial charge in [0, 0.05) is 11.3 Å². The molecule has 0 bridgehead atoms. The van der Waals surface area contributed by atoms with E-state index in [1.165, 1.54) is 49.5 Å². The molecule has 0 saturated carbocycles. The number of carbonyl (C=O) groups is 2. The van der Waals surface area contributed by atoms with E-state index in [1.807, 2.05) is 0 Å². The molecule has 9 heteroatoms. The lowest BCUT2D eigenvalue weighted by atomic mass is 9.95. The fourth-order valence-electron chi connectivity index (χ4n) is 3.88. The fourth-order valence-corrected chi connectivity index (χ4v) is 4.18. The first-order chi connectivity index (χ1) is 16.3. The number of ketones is 1. The Morgan fingerprint density at radius 2 is 1.65 bits per heavy atom. The van der Waals surface area contributed by atoms with E-state index in [1.54, 1.807) is 30.3 Å². The molecule has 0 aliphatic carbocycles. The summed E-state index contributed by atoms with van der Waals surface area (Å²) in [4.78, 5) is 27.6. The molecule has 1 amide bonds. The van der Waals surface area contributed by atoms with Crippen molar-refractivity contribution in [3.63, 3.8) is 0 Å². The maximum atomic E-state index is 13.2. The van der Waals surface area contributed by atoms with Crippen LogP contribution in [0.4, 0.5) is 5.69 Å². The Bertz CT molecular complexity index is 1340. The van der Waals surface area contributed by atoms with Crippen molar-refractivity contribution in [2.45, 2.75) is 6.04 Å². The summed E-state index contributed by atoms with van der Waals surface area (Å²) < 4.78 is 10.5. The van der Waals surface area contributed by atoms with Crippen LogP contribution in [0.5, 0.6) is 17.2 Å². The number of nitrogens with zero attached hydrogens (tertiary/aromatic N) is 1. The van der Waals surface area contributed by atoms with Crippen molar-refractivity contribution in [1.82, 2.24) is 0 Å².